The number of nitrogens with zero attached hydrogens (tertiary/aromatic N) is 1. The summed E-state index contributed by atoms with van der Waals surface area (Å²) in [5.41, 5.74) is 0.436. The number of sulfonamides is 1. The second-order valence-electron chi connectivity index (χ2n) is 7.71. The molecule has 0 aliphatic carbocycles. The van der Waals surface area contributed by atoms with Gasteiger partial charge in [0.2, 0.25) is 16.8 Å². The van der Waals surface area contributed by atoms with Crippen molar-refractivity contribution in [2.45, 2.75) is 37.2 Å². The van der Waals surface area contributed by atoms with Crippen LogP contribution in [0.1, 0.15) is 36.5 Å². The van der Waals surface area contributed by atoms with Crippen LogP contribution in [0.15, 0.2) is 41.3 Å². The fourth-order valence-corrected chi connectivity index (χ4v) is 5.59. The number of benzene rings is 2. The standard InChI is InChI=1S/C22H23ClN2O7S/c1-14(21(26)24-16-6-8-18-19(12-16)31-13-30-18)32-22(27)15-5-7-17(23)20(11-15)33(28,29)25-9-3-2-4-10-25/h5-8,11-12,14H,2-4,9-10,13H2,1H3,(H,24,26)/t14-/m0/s1. The predicted octanol–water partition coefficient (Wildman–Crippen LogP) is 3.43. The summed E-state index contributed by atoms with van der Waals surface area (Å²) in [6, 6.07) is 8.79. The van der Waals surface area contributed by atoms with Gasteiger partial charge in [-0.05, 0) is 50.1 Å². The molecule has 2 aromatic carbocycles. The van der Waals surface area contributed by atoms with E-state index in [9.17, 15) is 18.0 Å². The first-order valence-electron chi connectivity index (χ1n) is 10.5. The van der Waals surface area contributed by atoms with E-state index in [-0.39, 0.29) is 22.3 Å². The minimum Gasteiger partial charge on any atom is -0.454 e. The lowest BCUT2D eigenvalue weighted by atomic mass is 10.2. The summed E-state index contributed by atoms with van der Waals surface area (Å²) < 4.78 is 43.1. The van der Waals surface area contributed by atoms with E-state index in [0.29, 0.717) is 30.3 Å². The van der Waals surface area contributed by atoms with Crippen molar-refractivity contribution in [3.63, 3.8) is 0 Å². The average Bonchev–Trinajstić information content (AvgIpc) is 3.27. The van der Waals surface area contributed by atoms with Crippen molar-refractivity contribution < 1.29 is 32.2 Å². The highest BCUT2D eigenvalue weighted by Gasteiger charge is 2.29. The topological polar surface area (TPSA) is 111 Å². The van der Waals surface area contributed by atoms with Crippen molar-refractivity contribution in [3.8, 4) is 11.5 Å². The second-order valence-corrected chi connectivity index (χ2v) is 10.0. The van der Waals surface area contributed by atoms with Crippen LogP contribution in [0.25, 0.3) is 0 Å². The lowest BCUT2D eigenvalue weighted by Gasteiger charge is -2.26. The minimum absolute atomic E-state index is 0.0160. The van der Waals surface area contributed by atoms with Gasteiger partial charge in [0.25, 0.3) is 5.91 Å². The number of carbonyl (C=O) groups is 2. The summed E-state index contributed by atoms with van der Waals surface area (Å²) in [5, 5.41) is 2.66. The largest absolute Gasteiger partial charge is 0.454 e. The summed E-state index contributed by atoms with van der Waals surface area (Å²) >= 11 is 6.15. The lowest BCUT2D eigenvalue weighted by Crippen LogP contribution is -2.36. The molecular weight excluding hydrogens is 472 g/mol. The number of hydrogen-bond donors (Lipinski definition) is 1. The first-order valence-corrected chi connectivity index (χ1v) is 12.3. The van der Waals surface area contributed by atoms with E-state index < -0.39 is 28.0 Å². The van der Waals surface area contributed by atoms with Gasteiger partial charge < -0.3 is 19.5 Å². The number of halogens is 1. The van der Waals surface area contributed by atoms with E-state index in [4.69, 9.17) is 25.8 Å². The maximum Gasteiger partial charge on any atom is 0.338 e. The molecule has 1 atom stereocenters. The number of carbonyl (C=O) groups excluding carboxylic acids is 2. The molecule has 9 nitrogen and oxygen atoms in total. The Balaban J connectivity index is 1.44. The Kier molecular flexibility index (Phi) is 6.78. The van der Waals surface area contributed by atoms with Crippen molar-refractivity contribution in [3.05, 3.63) is 47.0 Å². The van der Waals surface area contributed by atoms with Crippen LogP contribution in [0, 0.1) is 0 Å². The van der Waals surface area contributed by atoms with Gasteiger partial charge >= 0.3 is 5.97 Å². The molecule has 1 fully saturated rings. The van der Waals surface area contributed by atoms with Gasteiger partial charge in [0.15, 0.2) is 17.6 Å². The summed E-state index contributed by atoms with van der Waals surface area (Å²) in [6.45, 7) is 2.34. The molecule has 1 saturated heterocycles. The number of amides is 1. The Morgan fingerprint density at radius 3 is 2.55 bits per heavy atom. The molecule has 33 heavy (non-hydrogen) atoms. The van der Waals surface area contributed by atoms with Crippen molar-refractivity contribution >= 4 is 39.2 Å². The fraction of sp³-hybridized carbons (Fsp3) is 0.364. The Morgan fingerprint density at radius 2 is 1.79 bits per heavy atom. The van der Waals surface area contributed by atoms with Gasteiger partial charge in [0.1, 0.15) is 4.90 Å². The molecule has 176 valence electrons. The van der Waals surface area contributed by atoms with Crippen LogP contribution in [0.3, 0.4) is 0 Å². The zero-order chi connectivity index (χ0) is 23.6. The van der Waals surface area contributed by atoms with Crippen LogP contribution in [-0.4, -0.2) is 50.6 Å². The minimum atomic E-state index is -3.85. The molecule has 0 bridgehead atoms. The molecule has 2 aliphatic rings. The van der Waals surface area contributed by atoms with Crippen molar-refractivity contribution in [2.24, 2.45) is 0 Å². The Hall–Kier alpha value is -2.82. The van der Waals surface area contributed by atoms with Crippen LogP contribution in [-0.2, 0) is 19.6 Å². The van der Waals surface area contributed by atoms with Crippen LogP contribution in [0.5, 0.6) is 11.5 Å². The molecule has 1 N–H and O–H groups in total. The van der Waals surface area contributed by atoms with E-state index in [1.54, 1.807) is 18.2 Å². The molecule has 2 aliphatic heterocycles. The number of hydrogen-bond acceptors (Lipinski definition) is 7. The van der Waals surface area contributed by atoms with Gasteiger partial charge in [-0.1, -0.05) is 18.0 Å². The second kappa shape index (κ2) is 9.58. The number of fused-ring (bicyclic) bond motifs is 1. The zero-order valence-electron chi connectivity index (χ0n) is 17.9. The molecule has 0 spiro atoms. The normalized spacial score (nSPS) is 16.8. The van der Waals surface area contributed by atoms with E-state index in [2.05, 4.69) is 5.32 Å². The number of rotatable bonds is 6. The Morgan fingerprint density at radius 1 is 1.06 bits per heavy atom. The molecule has 0 aromatic heterocycles. The molecule has 0 saturated carbocycles. The smallest absolute Gasteiger partial charge is 0.338 e. The molecule has 1 amide bonds. The Bertz CT molecular complexity index is 1180. The highest BCUT2D eigenvalue weighted by atomic mass is 35.5. The average molecular weight is 495 g/mol. The van der Waals surface area contributed by atoms with E-state index in [0.717, 1.165) is 19.3 Å². The van der Waals surface area contributed by atoms with Crippen LogP contribution in [0.4, 0.5) is 5.69 Å². The quantitative estimate of drug-likeness (QED) is 0.612. The molecule has 4 rings (SSSR count). The molecule has 11 heteroatoms. The number of piperidine rings is 1. The Labute approximate surface area is 196 Å². The monoisotopic (exact) mass is 494 g/mol. The molecule has 0 unspecified atom stereocenters. The first-order chi connectivity index (χ1) is 15.8. The first kappa shape index (κ1) is 23.3. The SMILES string of the molecule is C[C@H](OC(=O)c1ccc(Cl)c(S(=O)(=O)N2CCCCC2)c1)C(=O)Nc1ccc2c(c1)OCO2. The highest BCUT2D eigenvalue weighted by molar-refractivity contribution is 7.89. The van der Waals surface area contributed by atoms with Crippen LogP contribution < -0.4 is 14.8 Å². The highest BCUT2D eigenvalue weighted by Crippen LogP contribution is 2.34. The van der Waals surface area contributed by atoms with E-state index >= 15 is 0 Å². The third-order valence-electron chi connectivity index (χ3n) is 5.39. The summed E-state index contributed by atoms with van der Waals surface area (Å²) in [6.07, 6.45) is 1.38. The van der Waals surface area contributed by atoms with Crippen molar-refractivity contribution in [1.29, 1.82) is 0 Å². The van der Waals surface area contributed by atoms with Crippen molar-refractivity contribution in [1.82, 2.24) is 4.31 Å². The molecule has 2 aromatic rings. The van der Waals surface area contributed by atoms with Crippen molar-refractivity contribution in [2.75, 3.05) is 25.2 Å². The molecule has 2 heterocycles. The lowest BCUT2D eigenvalue weighted by molar-refractivity contribution is -0.123. The maximum atomic E-state index is 13.0. The van der Waals surface area contributed by atoms with Crippen LogP contribution in [0.2, 0.25) is 5.02 Å². The van der Waals surface area contributed by atoms with Crippen LogP contribution >= 0.6 is 11.6 Å². The maximum absolute atomic E-state index is 13.0. The molecular formula is C22H23ClN2O7S. The van der Waals surface area contributed by atoms with Gasteiger partial charge in [-0.3, -0.25) is 4.79 Å². The number of ether oxygens (including phenoxy) is 3. The van der Waals surface area contributed by atoms with E-state index in [1.807, 2.05) is 0 Å². The van der Waals surface area contributed by atoms with Gasteiger partial charge in [-0.15, -0.1) is 0 Å². The fourth-order valence-electron chi connectivity index (χ4n) is 3.57. The third-order valence-corrected chi connectivity index (χ3v) is 7.77. The summed E-state index contributed by atoms with van der Waals surface area (Å²) in [5.74, 6) is -0.320. The molecule has 0 radical (unpaired) electrons. The number of anilines is 1. The number of esters is 1. The summed E-state index contributed by atoms with van der Waals surface area (Å²) in [4.78, 5) is 25.0. The van der Waals surface area contributed by atoms with Gasteiger partial charge in [0, 0.05) is 24.8 Å². The zero-order valence-corrected chi connectivity index (χ0v) is 19.4. The van der Waals surface area contributed by atoms with Gasteiger partial charge in [-0.25, -0.2) is 13.2 Å². The summed E-state index contributed by atoms with van der Waals surface area (Å²) in [7, 11) is -3.85. The van der Waals surface area contributed by atoms with E-state index in [1.165, 1.54) is 29.4 Å². The number of nitrogens with one attached hydrogen (secondary N) is 1. The third kappa shape index (κ3) is 5.07. The van der Waals surface area contributed by atoms with Gasteiger partial charge in [-0.2, -0.15) is 4.31 Å². The predicted molar refractivity (Wildman–Crippen MR) is 120 cm³/mol. The van der Waals surface area contributed by atoms with Gasteiger partial charge in [0.05, 0.1) is 10.6 Å².